The SMILES string of the molecule is O=c1[nH]c2cc(NC3CC4CCCC(C3)N4Cc3ccccc3)ccc2cc1-c1ccccc1Cl. The van der Waals surface area contributed by atoms with E-state index < -0.39 is 0 Å². The molecule has 5 heteroatoms. The van der Waals surface area contributed by atoms with E-state index in [1.54, 1.807) is 0 Å². The van der Waals surface area contributed by atoms with Gasteiger partial charge in [-0.2, -0.15) is 0 Å². The summed E-state index contributed by atoms with van der Waals surface area (Å²) in [5.74, 6) is 0. The number of anilines is 1. The van der Waals surface area contributed by atoms with Gasteiger partial charge in [-0.1, -0.05) is 72.6 Å². The minimum atomic E-state index is -0.119. The zero-order chi connectivity index (χ0) is 23.8. The number of rotatable bonds is 5. The third kappa shape index (κ3) is 4.61. The number of H-pyrrole nitrogens is 1. The monoisotopic (exact) mass is 483 g/mol. The molecular formula is C30H30ClN3O. The van der Waals surface area contributed by atoms with Gasteiger partial charge in [0.05, 0.1) is 5.52 Å². The van der Waals surface area contributed by atoms with Gasteiger partial charge in [-0.15, -0.1) is 0 Å². The van der Waals surface area contributed by atoms with Crippen LogP contribution in [0.3, 0.4) is 0 Å². The fourth-order valence-corrected chi connectivity index (χ4v) is 6.29. The molecule has 0 radical (unpaired) electrons. The summed E-state index contributed by atoms with van der Waals surface area (Å²) in [6, 6.07) is 28.2. The van der Waals surface area contributed by atoms with Crippen molar-refractivity contribution < 1.29 is 0 Å². The lowest BCUT2D eigenvalue weighted by Gasteiger charge is -2.49. The highest BCUT2D eigenvalue weighted by Crippen LogP contribution is 2.36. The third-order valence-corrected chi connectivity index (χ3v) is 8.04. The molecule has 6 rings (SSSR count). The first kappa shape index (κ1) is 22.4. The van der Waals surface area contributed by atoms with Crippen LogP contribution in [0, 0.1) is 0 Å². The summed E-state index contributed by atoms with van der Waals surface area (Å²) in [6.45, 7) is 1.05. The molecule has 4 nitrogen and oxygen atoms in total. The number of pyridine rings is 1. The van der Waals surface area contributed by atoms with Crippen molar-refractivity contribution in [3.63, 3.8) is 0 Å². The number of nitrogens with one attached hydrogen (secondary N) is 2. The van der Waals surface area contributed by atoms with Gasteiger partial charge in [0.1, 0.15) is 0 Å². The van der Waals surface area contributed by atoms with Crippen molar-refractivity contribution in [2.24, 2.45) is 0 Å². The minimum absolute atomic E-state index is 0.119. The van der Waals surface area contributed by atoms with E-state index in [2.05, 4.69) is 63.7 Å². The lowest BCUT2D eigenvalue weighted by atomic mass is 9.81. The van der Waals surface area contributed by atoms with Crippen LogP contribution in [0.4, 0.5) is 5.69 Å². The zero-order valence-electron chi connectivity index (χ0n) is 19.7. The number of benzene rings is 3. The van der Waals surface area contributed by atoms with Crippen molar-refractivity contribution >= 4 is 28.2 Å². The van der Waals surface area contributed by atoms with Gasteiger partial charge in [0.2, 0.25) is 0 Å². The average Bonchev–Trinajstić information content (AvgIpc) is 2.85. The predicted molar refractivity (Wildman–Crippen MR) is 145 cm³/mol. The topological polar surface area (TPSA) is 48.1 Å². The van der Waals surface area contributed by atoms with Gasteiger partial charge in [-0.05, 0) is 60.9 Å². The summed E-state index contributed by atoms with van der Waals surface area (Å²) in [5.41, 5.74) is 4.56. The number of halogens is 1. The molecule has 3 aromatic carbocycles. The van der Waals surface area contributed by atoms with Crippen molar-refractivity contribution in [1.29, 1.82) is 0 Å². The molecule has 2 aliphatic heterocycles. The number of nitrogens with zero attached hydrogens (tertiary/aromatic N) is 1. The number of piperidine rings is 2. The smallest absolute Gasteiger partial charge is 0.256 e. The normalized spacial score (nSPS) is 22.3. The van der Waals surface area contributed by atoms with Crippen molar-refractivity contribution in [3.05, 3.63) is 99.8 Å². The fraction of sp³-hybridized carbons (Fsp3) is 0.300. The van der Waals surface area contributed by atoms with E-state index in [4.69, 9.17) is 11.6 Å². The Balaban J connectivity index is 1.20. The first-order chi connectivity index (χ1) is 17.1. The first-order valence-corrected chi connectivity index (χ1v) is 13.0. The molecule has 0 aliphatic carbocycles. The van der Waals surface area contributed by atoms with Gasteiger partial charge in [0, 0.05) is 46.5 Å². The second-order valence-electron chi connectivity index (χ2n) is 10.0. The van der Waals surface area contributed by atoms with Gasteiger partial charge >= 0.3 is 0 Å². The van der Waals surface area contributed by atoms with Gasteiger partial charge < -0.3 is 10.3 Å². The van der Waals surface area contributed by atoms with Crippen LogP contribution in [0.25, 0.3) is 22.0 Å². The van der Waals surface area contributed by atoms with Crippen LogP contribution in [-0.4, -0.2) is 28.0 Å². The molecule has 2 saturated heterocycles. The molecule has 4 aromatic rings. The number of hydrogen-bond donors (Lipinski definition) is 2. The number of aromatic nitrogens is 1. The Morgan fingerprint density at radius 3 is 2.40 bits per heavy atom. The van der Waals surface area contributed by atoms with E-state index in [-0.39, 0.29) is 5.56 Å². The fourth-order valence-electron chi connectivity index (χ4n) is 6.06. The Hall–Kier alpha value is -3.08. The van der Waals surface area contributed by atoms with Crippen LogP contribution in [0.5, 0.6) is 0 Å². The quantitative estimate of drug-likeness (QED) is 0.326. The Bertz CT molecular complexity index is 1390. The average molecular weight is 484 g/mol. The Labute approximate surface area is 210 Å². The molecule has 0 amide bonds. The minimum Gasteiger partial charge on any atom is -0.382 e. The zero-order valence-corrected chi connectivity index (χ0v) is 20.5. The summed E-state index contributed by atoms with van der Waals surface area (Å²) in [6.07, 6.45) is 6.19. The van der Waals surface area contributed by atoms with Gasteiger partial charge in [0.25, 0.3) is 5.56 Å². The Morgan fingerprint density at radius 1 is 0.886 bits per heavy atom. The van der Waals surface area contributed by atoms with Crippen molar-refractivity contribution in [3.8, 4) is 11.1 Å². The molecule has 2 atom stereocenters. The molecule has 0 spiro atoms. The summed E-state index contributed by atoms with van der Waals surface area (Å²) >= 11 is 6.35. The number of aromatic amines is 1. The molecule has 2 bridgehead atoms. The first-order valence-electron chi connectivity index (χ1n) is 12.6. The second-order valence-corrected chi connectivity index (χ2v) is 10.4. The van der Waals surface area contributed by atoms with Crippen LogP contribution >= 0.6 is 11.6 Å². The van der Waals surface area contributed by atoms with Gasteiger partial charge in [-0.3, -0.25) is 9.69 Å². The number of hydrogen-bond acceptors (Lipinski definition) is 3. The molecule has 2 aliphatic rings. The van der Waals surface area contributed by atoms with Gasteiger partial charge in [-0.25, -0.2) is 0 Å². The molecule has 2 fully saturated rings. The van der Waals surface area contributed by atoms with Crippen LogP contribution < -0.4 is 10.9 Å². The van der Waals surface area contributed by atoms with Crippen LogP contribution in [-0.2, 0) is 6.54 Å². The summed E-state index contributed by atoms with van der Waals surface area (Å²) < 4.78 is 0. The summed E-state index contributed by atoms with van der Waals surface area (Å²) in [5, 5.41) is 5.37. The van der Waals surface area contributed by atoms with Crippen LogP contribution in [0.2, 0.25) is 5.02 Å². The molecule has 178 valence electrons. The van der Waals surface area contributed by atoms with Crippen LogP contribution in [0.15, 0.2) is 83.7 Å². The molecule has 1 aromatic heterocycles. The maximum absolute atomic E-state index is 12.9. The standard InChI is InChI=1S/C30H30ClN3O/c31-28-12-5-4-11-26(28)27-15-21-13-14-22(18-29(21)33-30(27)35)32-23-16-24-9-6-10-25(17-23)34(24)19-20-7-2-1-3-8-20/h1-5,7-8,11-15,18,23-25,32H,6,9-10,16-17,19H2,(H,33,35). The number of fused-ring (bicyclic) bond motifs is 3. The van der Waals surface area contributed by atoms with Crippen molar-refractivity contribution in [1.82, 2.24) is 9.88 Å². The van der Waals surface area contributed by atoms with Crippen LogP contribution in [0.1, 0.15) is 37.7 Å². The van der Waals surface area contributed by atoms with E-state index in [9.17, 15) is 4.79 Å². The lowest BCUT2D eigenvalue weighted by Crippen LogP contribution is -2.54. The molecule has 35 heavy (non-hydrogen) atoms. The molecule has 3 heterocycles. The van der Waals surface area contributed by atoms with E-state index in [1.165, 1.54) is 24.8 Å². The summed E-state index contributed by atoms with van der Waals surface area (Å²) in [7, 11) is 0. The van der Waals surface area contributed by atoms with Crippen molar-refractivity contribution in [2.75, 3.05) is 5.32 Å². The Kier molecular flexibility index (Phi) is 6.09. The molecule has 2 N–H and O–H groups in total. The highest BCUT2D eigenvalue weighted by molar-refractivity contribution is 6.33. The Morgan fingerprint density at radius 2 is 1.63 bits per heavy atom. The van der Waals surface area contributed by atoms with Gasteiger partial charge in [0.15, 0.2) is 0 Å². The highest BCUT2D eigenvalue weighted by atomic mass is 35.5. The van der Waals surface area contributed by atoms with E-state index in [0.717, 1.165) is 41.5 Å². The second kappa shape index (κ2) is 9.52. The van der Waals surface area contributed by atoms with Crippen molar-refractivity contribution in [2.45, 2.75) is 56.8 Å². The summed E-state index contributed by atoms with van der Waals surface area (Å²) in [4.78, 5) is 18.7. The third-order valence-electron chi connectivity index (χ3n) is 7.71. The lowest BCUT2D eigenvalue weighted by molar-refractivity contribution is 0.0278. The maximum atomic E-state index is 12.9. The van der Waals surface area contributed by atoms with E-state index in [0.29, 0.717) is 28.7 Å². The molecule has 2 unspecified atom stereocenters. The van der Waals surface area contributed by atoms with E-state index in [1.807, 2.05) is 30.3 Å². The highest BCUT2D eigenvalue weighted by Gasteiger charge is 2.38. The van der Waals surface area contributed by atoms with E-state index >= 15 is 0 Å². The molecule has 0 saturated carbocycles. The predicted octanol–water partition coefficient (Wildman–Crippen LogP) is 6.85. The largest absolute Gasteiger partial charge is 0.382 e. The maximum Gasteiger partial charge on any atom is 0.256 e. The molecular weight excluding hydrogens is 454 g/mol.